The zero-order chi connectivity index (χ0) is 15.2. The van der Waals surface area contributed by atoms with Gasteiger partial charge in [-0.1, -0.05) is 0 Å². The van der Waals surface area contributed by atoms with Gasteiger partial charge in [0.05, 0.1) is 16.9 Å². The summed E-state index contributed by atoms with van der Waals surface area (Å²) >= 11 is 0. The van der Waals surface area contributed by atoms with E-state index in [4.69, 9.17) is 9.88 Å². The Bertz CT molecular complexity index is 686. The van der Waals surface area contributed by atoms with E-state index in [9.17, 15) is 13.2 Å². The average Bonchev–Trinajstić information content (AvgIpc) is 3.02. The smallest absolute Gasteiger partial charge is 0.238 e. The molecule has 0 spiro atoms. The van der Waals surface area contributed by atoms with Gasteiger partial charge < -0.3 is 9.64 Å². The molecule has 0 radical (unpaired) electrons. The lowest BCUT2D eigenvalue weighted by atomic mass is 10.0. The number of rotatable bonds is 2. The van der Waals surface area contributed by atoms with E-state index in [1.54, 1.807) is 17.0 Å². The van der Waals surface area contributed by atoms with Gasteiger partial charge in [0, 0.05) is 18.8 Å². The summed E-state index contributed by atoms with van der Waals surface area (Å²) in [6.45, 7) is 3.10. The summed E-state index contributed by atoms with van der Waals surface area (Å²) in [6, 6.07) is 4.68. The van der Waals surface area contributed by atoms with Crippen molar-refractivity contribution in [1.82, 2.24) is 0 Å². The Labute approximate surface area is 123 Å². The van der Waals surface area contributed by atoms with Gasteiger partial charge >= 0.3 is 0 Å². The third-order valence-corrected chi connectivity index (χ3v) is 5.15. The molecule has 21 heavy (non-hydrogen) atoms. The predicted octanol–water partition coefficient (Wildman–Crippen LogP) is 0.648. The Kier molecular flexibility index (Phi) is 3.51. The van der Waals surface area contributed by atoms with Gasteiger partial charge in [-0.05, 0) is 43.5 Å². The van der Waals surface area contributed by atoms with Crippen LogP contribution in [0.15, 0.2) is 23.1 Å². The van der Waals surface area contributed by atoms with Crippen LogP contribution in [0.4, 0.5) is 5.69 Å². The third kappa shape index (κ3) is 2.56. The molecule has 1 saturated heterocycles. The van der Waals surface area contributed by atoms with Gasteiger partial charge in [-0.2, -0.15) is 0 Å². The number of carbonyl (C=O) groups excluding carboxylic acids is 1. The maximum absolute atomic E-state index is 12.6. The van der Waals surface area contributed by atoms with Gasteiger partial charge in [0.1, 0.15) is 0 Å². The Hall–Kier alpha value is -1.44. The van der Waals surface area contributed by atoms with Crippen LogP contribution in [0.3, 0.4) is 0 Å². The van der Waals surface area contributed by atoms with Crippen molar-refractivity contribution in [2.75, 3.05) is 18.1 Å². The molecule has 114 valence electrons. The van der Waals surface area contributed by atoms with Gasteiger partial charge in [0.2, 0.25) is 15.9 Å². The van der Waals surface area contributed by atoms with E-state index in [1.165, 1.54) is 6.07 Å². The number of anilines is 1. The Balaban J connectivity index is 1.89. The highest BCUT2D eigenvalue weighted by molar-refractivity contribution is 7.89. The monoisotopic (exact) mass is 310 g/mol. The van der Waals surface area contributed by atoms with Crippen LogP contribution in [-0.4, -0.2) is 33.6 Å². The number of sulfonamides is 1. The van der Waals surface area contributed by atoms with Crippen LogP contribution in [0.2, 0.25) is 0 Å². The Morgan fingerprint density at radius 2 is 2.19 bits per heavy atom. The van der Waals surface area contributed by atoms with Crippen molar-refractivity contribution < 1.29 is 17.9 Å². The molecule has 2 heterocycles. The summed E-state index contributed by atoms with van der Waals surface area (Å²) in [5.41, 5.74) is 1.63. The van der Waals surface area contributed by atoms with Crippen LogP contribution in [0, 0.1) is 5.92 Å². The first kappa shape index (κ1) is 14.5. The van der Waals surface area contributed by atoms with Crippen molar-refractivity contribution in [1.29, 1.82) is 0 Å². The van der Waals surface area contributed by atoms with Crippen molar-refractivity contribution in [3.05, 3.63) is 23.8 Å². The van der Waals surface area contributed by atoms with Crippen LogP contribution in [0.1, 0.15) is 18.9 Å². The molecule has 0 bridgehead atoms. The van der Waals surface area contributed by atoms with Crippen molar-refractivity contribution in [2.24, 2.45) is 11.1 Å². The van der Waals surface area contributed by atoms with Crippen molar-refractivity contribution >= 4 is 21.6 Å². The van der Waals surface area contributed by atoms with Crippen molar-refractivity contribution in [3.8, 4) is 0 Å². The van der Waals surface area contributed by atoms with Crippen LogP contribution in [-0.2, 0) is 26.0 Å². The van der Waals surface area contributed by atoms with Gasteiger partial charge in [0.15, 0.2) is 0 Å². The van der Waals surface area contributed by atoms with Gasteiger partial charge in [-0.25, -0.2) is 13.6 Å². The average molecular weight is 310 g/mol. The lowest BCUT2D eigenvalue weighted by Crippen LogP contribution is -2.37. The van der Waals surface area contributed by atoms with Crippen molar-refractivity contribution in [3.63, 3.8) is 0 Å². The molecule has 2 unspecified atom stereocenters. The molecule has 1 aromatic carbocycles. The van der Waals surface area contributed by atoms with E-state index in [-0.39, 0.29) is 22.8 Å². The van der Waals surface area contributed by atoms with E-state index >= 15 is 0 Å². The summed E-state index contributed by atoms with van der Waals surface area (Å²) in [7, 11) is -3.71. The maximum atomic E-state index is 12.6. The molecular weight excluding hydrogens is 292 g/mol. The summed E-state index contributed by atoms with van der Waals surface area (Å²) in [5.74, 6) is -0.0593. The van der Waals surface area contributed by atoms with E-state index in [1.807, 2.05) is 6.92 Å². The number of hydrogen-bond acceptors (Lipinski definition) is 4. The molecule has 7 heteroatoms. The fourth-order valence-electron chi connectivity index (χ4n) is 3.04. The SMILES string of the molecule is CC1OCCC1C(=O)N1CCc2cc(S(N)(=O)=O)ccc21. The van der Waals surface area contributed by atoms with Crippen LogP contribution < -0.4 is 10.0 Å². The quantitative estimate of drug-likeness (QED) is 0.868. The van der Waals surface area contributed by atoms with E-state index in [0.717, 1.165) is 17.7 Å². The van der Waals surface area contributed by atoms with Crippen molar-refractivity contribution in [2.45, 2.75) is 30.8 Å². The number of ether oxygens (including phenoxy) is 1. The molecule has 2 aliphatic rings. The highest BCUT2D eigenvalue weighted by Gasteiger charge is 2.36. The summed E-state index contributed by atoms with van der Waals surface area (Å²) in [5, 5.41) is 5.14. The Morgan fingerprint density at radius 3 is 2.81 bits per heavy atom. The number of nitrogens with two attached hydrogens (primary N) is 1. The first-order valence-corrected chi connectivity index (χ1v) is 8.51. The number of primary sulfonamides is 1. The number of carbonyl (C=O) groups is 1. The first-order chi connectivity index (χ1) is 9.88. The maximum Gasteiger partial charge on any atom is 0.238 e. The van der Waals surface area contributed by atoms with Gasteiger partial charge in [0.25, 0.3) is 0 Å². The molecule has 2 aliphatic heterocycles. The molecule has 1 fully saturated rings. The number of amides is 1. The standard InChI is InChI=1S/C14H18N2O4S/c1-9-12(5-7-20-9)14(17)16-6-4-10-8-11(21(15,18)19)2-3-13(10)16/h2-3,8-9,12H,4-7H2,1H3,(H2,15,18,19). The molecule has 1 amide bonds. The molecule has 2 N–H and O–H groups in total. The van der Waals surface area contributed by atoms with Gasteiger partial charge in [-0.3, -0.25) is 4.79 Å². The topological polar surface area (TPSA) is 89.7 Å². The molecule has 0 aromatic heterocycles. The van der Waals surface area contributed by atoms with E-state index in [2.05, 4.69) is 0 Å². The number of nitrogens with zero attached hydrogens (tertiary/aromatic N) is 1. The zero-order valence-electron chi connectivity index (χ0n) is 11.8. The first-order valence-electron chi connectivity index (χ1n) is 6.96. The minimum absolute atomic E-state index is 0.0575. The van der Waals surface area contributed by atoms with E-state index < -0.39 is 10.0 Å². The molecular formula is C14H18N2O4S. The molecule has 6 nitrogen and oxygen atoms in total. The van der Waals surface area contributed by atoms with E-state index in [0.29, 0.717) is 19.6 Å². The highest BCUT2D eigenvalue weighted by Crippen LogP contribution is 2.33. The summed E-state index contributed by atoms with van der Waals surface area (Å²) in [4.78, 5) is 14.4. The molecule has 3 rings (SSSR count). The second kappa shape index (κ2) is 5.08. The number of fused-ring (bicyclic) bond motifs is 1. The second-order valence-electron chi connectivity index (χ2n) is 5.55. The largest absolute Gasteiger partial charge is 0.378 e. The van der Waals surface area contributed by atoms with Crippen LogP contribution in [0.25, 0.3) is 0 Å². The minimum Gasteiger partial charge on any atom is -0.378 e. The molecule has 2 atom stereocenters. The zero-order valence-corrected chi connectivity index (χ0v) is 12.6. The number of benzene rings is 1. The van der Waals surface area contributed by atoms with Gasteiger partial charge in [-0.15, -0.1) is 0 Å². The highest BCUT2D eigenvalue weighted by atomic mass is 32.2. The second-order valence-corrected chi connectivity index (χ2v) is 7.11. The summed E-state index contributed by atoms with van der Waals surface area (Å²) in [6.07, 6.45) is 1.32. The molecule has 1 aromatic rings. The Morgan fingerprint density at radius 1 is 1.43 bits per heavy atom. The predicted molar refractivity (Wildman–Crippen MR) is 77.4 cm³/mol. The fraction of sp³-hybridized carbons (Fsp3) is 0.500. The molecule has 0 aliphatic carbocycles. The van der Waals surface area contributed by atoms with Crippen LogP contribution >= 0.6 is 0 Å². The number of hydrogen-bond donors (Lipinski definition) is 1. The van der Waals surface area contributed by atoms with Crippen LogP contribution in [0.5, 0.6) is 0 Å². The minimum atomic E-state index is -3.71. The lowest BCUT2D eigenvalue weighted by Gasteiger charge is -2.23. The summed E-state index contributed by atoms with van der Waals surface area (Å²) < 4.78 is 28.2. The normalized spacial score (nSPS) is 25.1. The lowest BCUT2D eigenvalue weighted by molar-refractivity contribution is -0.123. The fourth-order valence-corrected chi connectivity index (χ4v) is 3.60. The molecule has 0 saturated carbocycles. The third-order valence-electron chi connectivity index (χ3n) is 4.23.